The van der Waals surface area contributed by atoms with Gasteiger partial charge < -0.3 is 10.1 Å². The molecule has 2 rings (SSSR count). The van der Waals surface area contributed by atoms with Gasteiger partial charge in [0.15, 0.2) is 6.04 Å². The largest absolute Gasteiger partial charge is 0.497 e. The Labute approximate surface area is 137 Å². The number of aromatic nitrogens is 2. The number of ether oxygens (including phenoxy) is 1. The molecule has 1 amide bonds. The van der Waals surface area contributed by atoms with Crippen molar-refractivity contribution in [3.05, 3.63) is 46.8 Å². The first kappa shape index (κ1) is 17.8. The maximum atomic E-state index is 13.3. The van der Waals surface area contributed by atoms with Crippen LogP contribution in [0.1, 0.15) is 28.6 Å². The molecule has 130 valence electrons. The van der Waals surface area contributed by atoms with E-state index in [2.05, 4.69) is 15.5 Å². The maximum Gasteiger partial charge on any atom is 0.412 e. The SMILES string of the molecule is COc1ccc([C@@H](NC(=O)Cc2c(C)n[nH]c2C)C(F)(F)F)cc1. The molecule has 1 aromatic heterocycles. The summed E-state index contributed by atoms with van der Waals surface area (Å²) < 4.78 is 44.9. The molecule has 0 aliphatic carbocycles. The van der Waals surface area contributed by atoms with Crippen molar-refractivity contribution in [3.8, 4) is 5.75 Å². The van der Waals surface area contributed by atoms with Crippen molar-refractivity contribution in [1.29, 1.82) is 0 Å². The van der Waals surface area contributed by atoms with Crippen molar-refractivity contribution in [2.24, 2.45) is 0 Å². The number of alkyl halides is 3. The van der Waals surface area contributed by atoms with E-state index in [0.717, 1.165) is 0 Å². The number of aromatic amines is 1. The molecule has 0 unspecified atom stereocenters. The number of nitrogens with one attached hydrogen (secondary N) is 2. The minimum atomic E-state index is -4.61. The molecule has 0 aliphatic heterocycles. The smallest absolute Gasteiger partial charge is 0.412 e. The Morgan fingerprint density at radius 2 is 1.92 bits per heavy atom. The van der Waals surface area contributed by atoms with Gasteiger partial charge >= 0.3 is 6.18 Å². The van der Waals surface area contributed by atoms with Crippen molar-refractivity contribution >= 4 is 5.91 Å². The fourth-order valence-electron chi connectivity index (χ4n) is 2.36. The van der Waals surface area contributed by atoms with Crippen LogP contribution in [0.5, 0.6) is 5.75 Å². The van der Waals surface area contributed by atoms with E-state index >= 15 is 0 Å². The van der Waals surface area contributed by atoms with Gasteiger partial charge in [-0.1, -0.05) is 12.1 Å². The van der Waals surface area contributed by atoms with Gasteiger partial charge in [0.25, 0.3) is 0 Å². The molecule has 2 N–H and O–H groups in total. The summed E-state index contributed by atoms with van der Waals surface area (Å²) in [5.41, 5.74) is 1.80. The molecule has 1 aromatic carbocycles. The lowest BCUT2D eigenvalue weighted by Crippen LogP contribution is -2.39. The lowest BCUT2D eigenvalue weighted by molar-refractivity contribution is -0.163. The standard InChI is InChI=1S/C16H18F3N3O2/c1-9-13(10(2)22-21-9)8-14(23)20-15(16(17,18)19)11-4-6-12(24-3)7-5-11/h4-7,15H,8H2,1-3H3,(H,20,23)(H,21,22)/t15-/m1/s1. The molecule has 5 nitrogen and oxygen atoms in total. The predicted molar refractivity (Wildman–Crippen MR) is 81.7 cm³/mol. The number of rotatable bonds is 5. The van der Waals surface area contributed by atoms with E-state index in [-0.39, 0.29) is 12.0 Å². The summed E-state index contributed by atoms with van der Waals surface area (Å²) in [5, 5.41) is 8.69. The Bertz CT molecular complexity index is 689. The maximum absolute atomic E-state index is 13.3. The highest BCUT2D eigenvalue weighted by Crippen LogP contribution is 2.33. The molecule has 2 aromatic rings. The van der Waals surface area contributed by atoms with Gasteiger partial charge in [-0.25, -0.2) is 0 Å². The predicted octanol–water partition coefficient (Wildman–Crippen LogP) is 3.00. The Hall–Kier alpha value is -2.51. The van der Waals surface area contributed by atoms with Crippen molar-refractivity contribution in [1.82, 2.24) is 15.5 Å². The Morgan fingerprint density at radius 3 is 2.38 bits per heavy atom. The third-order valence-corrected chi connectivity index (χ3v) is 3.70. The molecule has 0 saturated carbocycles. The van der Waals surface area contributed by atoms with E-state index in [0.29, 0.717) is 22.7 Å². The second kappa shape index (κ2) is 6.94. The molecular weight excluding hydrogens is 323 g/mol. The van der Waals surface area contributed by atoms with Gasteiger partial charge in [-0.15, -0.1) is 0 Å². The lowest BCUT2D eigenvalue weighted by Gasteiger charge is -2.22. The topological polar surface area (TPSA) is 67.0 Å². The molecule has 0 radical (unpaired) electrons. The van der Waals surface area contributed by atoms with E-state index in [1.807, 2.05) is 0 Å². The first-order valence-corrected chi connectivity index (χ1v) is 7.23. The second-order valence-electron chi connectivity index (χ2n) is 5.40. The van der Waals surface area contributed by atoms with E-state index in [4.69, 9.17) is 4.74 Å². The summed E-state index contributed by atoms with van der Waals surface area (Å²) in [7, 11) is 1.42. The zero-order valence-electron chi connectivity index (χ0n) is 13.5. The number of benzene rings is 1. The molecule has 0 bridgehead atoms. The molecule has 1 heterocycles. The summed E-state index contributed by atoms with van der Waals surface area (Å²) in [6, 6.07) is 3.33. The third-order valence-electron chi connectivity index (χ3n) is 3.70. The summed E-state index contributed by atoms with van der Waals surface area (Å²) in [4.78, 5) is 12.1. The lowest BCUT2D eigenvalue weighted by atomic mass is 10.0. The number of hydrogen-bond acceptors (Lipinski definition) is 3. The van der Waals surface area contributed by atoms with Gasteiger partial charge in [0, 0.05) is 11.3 Å². The summed E-state index contributed by atoms with van der Waals surface area (Å²) in [6.45, 7) is 3.41. The van der Waals surface area contributed by atoms with Crippen LogP contribution < -0.4 is 10.1 Å². The van der Waals surface area contributed by atoms with Gasteiger partial charge in [-0.3, -0.25) is 9.89 Å². The van der Waals surface area contributed by atoms with E-state index in [9.17, 15) is 18.0 Å². The normalized spacial score (nSPS) is 12.8. The van der Waals surface area contributed by atoms with Crippen LogP contribution in [0.4, 0.5) is 13.2 Å². The van der Waals surface area contributed by atoms with Crippen LogP contribution in [0.2, 0.25) is 0 Å². The Morgan fingerprint density at radius 1 is 1.29 bits per heavy atom. The highest BCUT2D eigenvalue weighted by Gasteiger charge is 2.41. The molecule has 0 fully saturated rings. The van der Waals surface area contributed by atoms with Gasteiger partial charge in [-0.05, 0) is 31.5 Å². The summed E-state index contributed by atoms with van der Waals surface area (Å²) in [6.07, 6.45) is -4.78. The van der Waals surface area contributed by atoms with Crippen LogP contribution in [0.3, 0.4) is 0 Å². The highest BCUT2D eigenvalue weighted by molar-refractivity contribution is 5.79. The Balaban J connectivity index is 2.18. The van der Waals surface area contributed by atoms with Crippen molar-refractivity contribution in [3.63, 3.8) is 0 Å². The number of nitrogens with zero attached hydrogens (tertiary/aromatic N) is 1. The average Bonchev–Trinajstić information content (AvgIpc) is 2.83. The summed E-state index contributed by atoms with van der Waals surface area (Å²) >= 11 is 0. The summed E-state index contributed by atoms with van der Waals surface area (Å²) in [5.74, 6) is -0.281. The fraction of sp³-hybridized carbons (Fsp3) is 0.375. The number of carbonyl (C=O) groups excluding carboxylic acids is 1. The Kier molecular flexibility index (Phi) is 5.16. The van der Waals surface area contributed by atoms with Crippen LogP contribution >= 0.6 is 0 Å². The number of carbonyl (C=O) groups is 1. The van der Waals surface area contributed by atoms with E-state index in [1.165, 1.54) is 31.4 Å². The van der Waals surface area contributed by atoms with Crippen molar-refractivity contribution < 1.29 is 22.7 Å². The van der Waals surface area contributed by atoms with E-state index < -0.39 is 18.1 Å². The average molecular weight is 341 g/mol. The number of aryl methyl sites for hydroxylation is 2. The minimum Gasteiger partial charge on any atom is -0.497 e. The molecule has 1 atom stereocenters. The van der Waals surface area contributed by atoms with Crippen LogP contribution in [0, 0.1) is 13.8 Å². The van der Waals surface area contributed by atoms with Crippen LogP contribution in [-0.4, -0.2) is 29.4 Å². The van der Waals surface area contributed by atoms with Gasteiger partial charge in [0.1, 0.15) is 5.75 Å². The minimum absolute atomic E-state index is 0.0581. The van der Waals surface area contributed by atoms with Gasteiger partial charge in [-0.2, -0.15) is 18.3 Å². The van der Waals surface area contributed by atoms with Crippen LogP contribution in [0.15, 0.2) is 24.3 Å². The van der Waals surface area contributed by atoms with Crippen LogP contribution in [-0.2, 0) is 11.2 Å². The van der Waals surface area contributed by atoms with Crippen molar-refractivity contribution in [2.75, 3.05) is 7.11 Å². The number of amides is 1. The molecule has 0 saturated heterocycles. The fourth-order valence-corrected chi connectivity index (χ4v) is 2.36. The first-order valence-electron chi connectivity index (χ1n) is 7.23. The molecule has 0 spiro atoms. The van der Waals surface area contributed by atoms with Crippen LogP contribution in [0.25, 0.3) is 0 Å². The van der Waals surface area contributed by atoms with Crippen molar-refractivity contribution in [2.45, 2.75) is 32.5 Å². The molecular formula is C16H18F3N3O2. The zero-order chi connectivity index (χ0) is 17.9. The quantitative estimate of drug-likeness (QED) is 0.879. The molecule has 24 heavy (non-hydrogen) atoms. The van der Waals surface area contributed by atoms with Gasteiger partial charge in [0.2, 0.25) is 5.91 Å². The first-order chi connectivity index (χ1) is 11.2. The molecule has 8 heteroatoms. The van der Waals surface area contributed by atoms with E-state index in [1.54, 1.807) is 13.8 Å². The monoisotopic (exact) mass is 341 g/mol. The molecule has 0 aliphatic rings. The number of methoxy groups -OCH3 is 1. The third kappa shape index (κ3) is 4.06. The van der Waals surface area contributed by atoms with Gasteiger partial charge in [0.05, 0.1) is 19.2 Å². The number of H-pyrrole nitrogens is 1. The second-order valence-corrected chi connectivity index (χ2v) is 5.40. The number of halogens is 3. The number of hydrogen-bond donors (Lipinski definition) is 2. The zero-order valence-corrected chi connectivity index (χ0v) is 13.5. The highest BCUT2D eigenvalue weighted by atomic mass is 19.4.